The third-order valence-corrected chi connectivity index (χ3v) is 2.67. The Labute approximate surface area is 68.4 Å². The number of hydrogen-bond donors (Lipinski definition) is 1. The van der Waals surface area contributed by atoms with Gasteiger partial charge in [0.2, 0.25) is 0 Å². The SMILES string of the molecule is CCC1CCC(NC)C(=O)C1. The van der Waals surface area contributed by atoms with Crippen molar-refractivity contribution in [1.82, 2.24) is 5.32 Å². The maximum Gasteiger partial charge on any atom is 0.150 e. The Bertz CT molecular complexity index is 144. The van der Waals surface area contributed by atoms with Gasteiger partial charge < -0.3 is 5.32 Å². The number of nitrogens with one attached hydrogen (secondary N) is 1. The third-order valence-electron chi connectivity index (χ3n) is 2.67. The van der Waals surface area contributed by atoms with E-state index >= 15 is 0 Å². The lowest BCUT2D eigenvalue weighted by Gasteiger charge is -2.25. The van der Waals surface area contributed by atoms with Crippen LogP contribution in [0.4, 0.5) is 0 Å². The Morgan fingerprint density at radius 1 is 1.55 bits per heavy atom. The monoisotopic (exact) mass is 155 g/mol. The van der Waals surface area contributed by atoms with Crippen molar-refractivity contribution < 1.29 is 4.79 Å². The molecule has 0 bridgehead atoms. The van der Waals surface area contributed by atoms with Crippen molar-refractivity contribution in [2.45, 2.75) is 38.6 Å². The molecule has 0 aromatic heterocycles. The van der Waals surface area contributed by atoms with E-state index in [0.717, 1.165) is 19.3 Å². The van der Waals surface area contributed by atoms with Crippen LogP contribution in [-0.2, 0) is 4.79 Å². The lowest BCUT2D eigenvalue weighted by atomic mass is 9.84. The lowest BCUT2D eigenvalue weighted by molar-refractivity contribution is -0.123. The summed E-state index contributed by atoms with van der Waals surface area (Å²) in [6.07, 6.45) is 4.20. The van der Waals surface area contributed by atoms with Gasteiger partial charge in [-0.3, -0.25) is 4.79 Å². The molecule has 1 aliphatic carbocycles. The molecule has 0 spiro atoms. The average Bonchev–Trinajstić information content (AvgIpc) is 2.04. The quantitative estimate of drug-likeness (QED) is 0.652. The van der Waals surface area contributed by atoms with E-state index in [1.807, 2.05) is 7.05 Å². The fourth-order valence-electron chi connectivity index (χ4n) is 1.75. The van der Waals surface area contributed by atoms with E-state index in [-0.39, 0.29) is 6.04 Å². The Balaban J connectivity index is 2.41. The molecule has 2 unspecified atom stereocenters. The molecule has 11 heavy (non-hydrogen) atoms. The Kier molecular flexibility index (Phi) is 3.06. The molecule has 0 heterocycles. The summed E-state index contributed by atoms with van der Waals surface area (Å²) in [5.41, 5.74) is 0. The van der Waals surface area contributed by atoms with Crippen LogP contribution in [0.15, 0.2) is 0 Å². The van der Waals surface area contributed by atoms with E-state index in [4.69, 9.17) is 0 Å². The fraction of sp³-hybridized carbons (Fsp3) is 0.889. The van der Waals surface area contributed by atoms with Crippen molar-refractivity contribution in [3.8, 4) is 0 Å². The maximum atomic E-state index is 11.3. The molecule has 2 atom stereocenters. The second-order valence-corrected chi connectivity index (χ2v) is 3.36. The number of carbonyl (C=O) groups excluding carboxylic acids is 1. The minimum absolute atomic E-state index is 0.151. The van der Waals surface area contributed by atoms with Gasteiger partial charge in [0.05, 0.1) is 6.04 Å². The molecule has 0 amide bonds. The molecule has 0 aromatic rings. The van der Waals surface area contributed by atoms with E-state index in [0.29, 0.717) is 11.7 Å². The van der Waals surface area contributed by atoms with Gasteiger partial charge in [0.15, 0.2) is 0 Å². The van der Waals surface area contributed by atoms with E-state index in [1.165, 1.54) is 6.42 Å². The molecular formula is C9H17NO. The molecule has 0 aromatic carbocycles. The minimum Gasteiger partial charge on any atom is -0.311 e. The number of hydrogen-bond acceptors (Lipinski definition) is 2. The number of rotatable bonds is 2. The third kappa shape index (κ3) is 2.03. The van der Waals surface area contributed by atoms with Crippen LogP contribution < -0.4 is 5.32 Å². The molecule has 1 fully saturated rings. The van der Waals surface area contributed by atoms with Crippen LogP contribution in [0.25, 0.3) is 0 Å². The normalized spacial score (nSPS) is 32.4. The summed E-state index contributed by atoms with van der Waals surface area (Å²) in [5.74, 6) is 1.07. The van der Waals surface area contributed by atoms with E-state index in [1.54, 1.807) is 0 Å². The fourth-order valence-corrected chi connectivity index (χ4v) is 1.75. The van der Waals surface area contributed by atoms with Gasteiger partial charge in [-0.05, 0) is 25.8 Å². The van der Waals surface area contributed by atoms with Crippen molar-refractivity contribution in [2.24, 2.45) is 5.92 Å². The molecule has 64 valence electrons. The van der Waals surface area contributed by atoms with Gasteiger partial charge in [0.25, 0.3) is 0 Å². The van der Waals surface area contributed by atoms with Gasteiger partial charge in [-0.15, -0.1) is 0 Å². The van der Waals surface area contributed by atoms with Crippen LogP contribution in [0.1, 0.15) is 32.6 Å². The molecule has 1 N–H and O–H groups in total. The summed E-state index contributed by atoms with van der Waals surface area (Å²) in [6.45, 7) is 2.16. The Hall–Kier alpha value is -0.370. The second kappa shape index (κ2) is 3.86. The first kappa shape index (κ1) is 8.72. The number of Topliss-reactive ketones (excluding diaryl/α,β-unsaturated/α-hetero) is 1. The van der Waals surface area contributed by atoms with Crippen LogP contribution in [-0.4, -0.2) is 18.9 Å². The highest BCUT2D eigenvalue weighted by molar-refractivity contribution is 5.84. The van der Waals surface area contributed by atoms with Gasteiger partial charge in [-0.2, -0.15) is 0 Å². The zero-order chi connectivity index (χ0) is 8.27. The first-order chi connectivity index (χ1) is 5.27. The molecule has 2 nitrogen and oxygen atoms in total. The highest BCUT2D eigenvalue weighted by atomic mass is 16.1. The van der Waals surface area contributed by atoms with Crippen LogP contribution >= 0.6 is 0 Å². The summed E-state index contributed by atoms with van der Waals surface area (Å²) in [7, 11) is 1.87. The molecule has 1 saturated carbocycles. The lowest BCUT2D eigenvalue weighted by Crippen LogP contribution is -2.38. The molecule has 0 saturated heterocycles. The Morgan fingerprint density at radius 2 is 2.27 bits per heavy atom. The van der Waals surface area contributed by atoms with Gasteiger partial charge >= 0.3 is 0 Å². The van der Waals surface area contributed by atoms with Gasteiger partial charge in [0.1, 0.15) is 5.78 Å². The van der Waals surface area contributed by atoms with E-state index in [2.05, 4.69) is 12.2 Å². The summed E-state index contributed by atoms with van der Waals surface area (Å²) in [4.78, 5) is 11.3. The number of carbonyl (C=O) groups is 1. The van der Waals surface area contributed by atoms with Crippen molar-refractivity contribution in [3.05, 3.63) is 0 Å². The smallest absolute Gasteiger partial charge is 0.150 e. The van der Waals surface area contributed by atoms with Gasteiger partial charge in [-0.25, -0.2) is 0 Å². The zero-order valence-electron chi connectivity index (χ0n) is 7.39. The minimum atomic E-state index is 0.151. The van der Waals surface area contributed by atoms with Crippen molar-refractivity contribution in [3.63, 3.8) is 0 Å². The number of likely N-dealkylation sites (N-methyl/N-ethyl adjacent to an activating group) is 1. The highest BCUT2D eigenvalue weighted by Gasteiger charge is 2.25. The summed E-state index contributed by atoms with van der Waals surface area (Å²) >= 11 is 0. The second-order valence-electron chi connectivity index (χ2n) is 3.36. The zero-order valence-corrected chi connectivity index (χ0v) is 7.39. The van der Waals surface area contributed by atoms with E-state index in [9.17, 15) is 4.79 Å². The largest absolute Gasteiger partial charge is 0.311 e. The standard InChI is InChI=1S/C9H17NO/c1-3-7-4-5-8(10-2)9(11)6-7/h7-8,10H,3-6H2,1-2H3. The average molecular weight is 155 g/mol. The molecule has 0 aliphatic heterocycles. The highest BCUT2D eigenvalue weighted by Crippen LogP contribution is 2.23. The predicted octanol–water partition coefficient (Wildman–Crippen LogP) is 1.35. The summed E-state index contributed by atoms with van der Waals surface area (Å²) in [6, 6.07) is 0.151. The van der Waals surface area contributed by atoms with Crippen molar-refractivity contribution in [2.75, 3.05) is 7.05 Å². The molecule has 0 radical (unpaired) electrons. The topological polar surface area (TPSA) is 29.1 Å². The van der Waals surface area contributed by atoms with Crippen LogP contribution in [0.2, 0.25) is 0 Å². The number of ketones is 1. The van der Waals surface area contributed by atoms with Crippen LogP contribution in [0.5, 0.6) is 0 Å². The molecule has 1 aliphatic rings. The summed E-state index contributed by atoms with van der Waals surface area (Å²) < 4.78 is 0. The summed E-state index contributed by atoms with van der Waals surface area (Å²) in [5, 5.41) is 3.05. The Morgan fingerprint density at radius 3 is 2.73 bits per heavy atom. The van der Waals surface area contributed by atoms with Gasteiger partial charge in [0, 0.05) is 6.42 Å². The maximum absolute atomic E-state index is 11.3. The first-order valence-electron chi connectivity index (χ1n) is 4.48. The first-order valence-corrected chi connectivity index (χ1v) is 4.48. The van der Waals surface area contributed by atoms with Gasteiger partial charge in [-0.1, -0.05) is 13.3 Å². The molecule has 1 rings (SSSR count). The predicted molar refractivity (Wildman–Crippen MR) is 45.5 cm³/mol. The van der Waals surface area contributed by atoms with Crippen LogP contribution in [0.3, 0.4) is 0 Å². The molecule has 2 heteroatoms. The van der Waals surface area contributed by atoms with Crippen molar-refractivity contribution >= 4 is 5.78 Å². The van der Waals surface area contributed by atoms with Crippen LogP contribution in [0, 0.1) is 5.92 Å². The molecular weight excluding hydrogens is 138 g/mol. The van der Waals surface area contributed by atoms with E-state index < -0.39 is 0 Å². The van der Waals surface area contributed by atoms with Crippen molar-refractivity contribution in [1.29, 1.82) is 0 Å².